The molecule has 0 aliphatic rings. The van der Waals surface area contributed by atoms with Crippen molar-refractivity contribution in [1.29, 1.82) is 0 Å². The van der Waals surface area contributed by atoms with Gasteiger partial charge in [0.25, 0.3) is 0 Å². The van der Waals surface area contributed by atoms with Crippen LogP contribution in [0.1, 0.15) is 37.4 Å². The predicted molar refractivity (Wildman–Crippen MR) is 106 cm³/mol. The Hall–Kier alpha value is -2.34. The van der Waals surface area contributed by atoms with E-state index < -0.39 is 16.1 Å². The molecule has 2 aromatic rings. The van der Waals surface area contributed by atoms with Crippen LogP contribution in [0.5, 0.6) is 0 Å². The van der Waals surface area contributed by atoms with Crippen LogP contribution >= 0.6 is 0 Å². The summed E-state index contributed by atoms with van der Waals surface area (Å²) in [5, 5.41) is 2.94. The Morgan fingerprint density at radius 2 is 1.65 bits per heavy atom. The highest BCUT2D eigenvalue weighted by molar-refractivity contribution is 7.92. The van der Waals surface area contributed by atoms with Crippen molar-refractivity contribution in [2.45, 2.75) is 39.3 Å². The maximum Gasteiger partial charge on any atom is 0.244 e. The van der Waals surface area contributed by atoms with Gasteiger partial charge in [-0.2, -0.15) is 0 Å². The van der Waals surface area contributed by atoms with E-state index in [1.54, 1.807) is 12.1 Å². The minimum atomic E-state index is -3.62. The number of benzene rings is 2. The Morgan fingerprint density at radius 3 is 2.15 bits per heavy atom. The first-order valence-corrected chi connectivity index (χ1v) is 10.5. The predicted octanol–water partition coefficient (Wildman–Crippen LogP) is 3.42. The number of carbonyl (C=O) groups excluding carboxylic acids is 1. The Labute approximate surface area is 156 Å². The van der Waals surface area contributed by atoms with Crippen molar-refractivity contribution in [3.05, 3.63) is 65.7 Å². The van der Waals surface area contributed by atoms with Gasteiger partial charge in [-0.3, -0.25) is 9.10 Å². The Bertz CT molecular complexity index is 833. The summed E-state index contributed by atoms with van der Waals surface area (Å²) in [5.41, 5.74) is 2.49. The summed E-state index contributed by atoms with van der Waals surface area (Å²) >= 11 is 0. The molecule has 0 heterocycles. The molecule has 0 radical (unpaired) electrons. The number of nitrogens with one attached hydrogen (secondary N) is 1. The Balaban J connectivity index is 2.29. The topological polar surface area (TPSA) is 66.5 Å². The van der Waals surface area contributed by atoms with Gasteiger partial charge in [0.05, 0.1) is 18.0 Å². The number of aryl methyl sites for hydroxylation is 1. The van der Waals surface area contributed by atoms with Crippen LogP contribution in [0.2, 0.25) is 0 Å². The number of hydrogen-bond acceptors (Lipinski definition) is 3. The van der Waals surface area contributed by atoms with E-state index in [1.807, 2.05) is 63.2 Å². The van der Waals surface area contributed by atoms with Gasteiger partial charge >= 0.3 is 0 Å². The van der Waals surface area contributed by atoms with Crippen LogP contribution < -0.4 is 9.62 Å². The van der Waals surface area contributed by atoms with Crippen LogP contribution in [0.4, 0.5) is 5.69 Å². The summed E-state index contributed by atoms with van der Waals surface area (Å²) in [4.78, 5) is 12.9. The first-order chi connectivity index (χ1) is 12.2. The van der Waals surface area contributed by atoms with Gasteiger partial charge in [0.1, 0.15) is 6.04 Å². The van der Waals surface area contributed by atoms with E-state index in [2.05, 4.69) is 5.32 Å². The average Bonchev–Trinajstić information content (AvgIpc) is 2.60. The zero-order chi connectivity index (χ0) is 19.3. The molecule has 2 aromatic carbocycles. The molecule has 2 rings (SSSR count). The van der Waals surface area contributed by atoms with E-state index in [-0.39, 0.29) is 11.9 Å². The highest BCUT2D eigenvalue weighted by Crippen LogP contribution is 2.23. The monoisotopic (exact) mass is 374 g/mol. The molecule has 0 aromatic heterocycles. The molecule has 1 N–H and O–H groups in total. The second kappa shape index (κ2) is 8.36. The van der Waals surface area contributed by atoms with Gasteiger partial charge in [-0.1, -0.05) is 55.0 Å². The fourth-order valence-electron chi connectivity index (χ4n) is 2.89. The third-order valence-corrected chi connectivity index (χ3v) is 5.46. The van der Waals surface area contributed by atoms with E-state index in [4.69, 9.17) is 0 Å². The summed E-state index contributed by atoms with van der Waals surface area (Å²) in [7, 11) is -3.62. The number of nitrogens with zero attached hydrogens (tertiary/aromatic N) is 1. The van der Waals surface area contributed by atoms with E-state index in [1.165, 1.54) is 4.31 Å². The van der Waals surface area contributed by atoms with E-state index >= 15 is 0 Å². The summed E-state index contributed by atoms with van der Waals surface area (Å²) in [5.74, 6) is -0.310. The molecule has 26 heavy (non-hydrogen) atoms. The summed E-state index contributed by atoms with van der Waals surface area (Å²) in [6, 6.07) is 15.7. The number of sulfonamides is 1. The standard InChI is InChI=1S/C20H26N2O3S/c1-5-19(20(23)21-16(3)17-9-7-6-8-10-17)22(26(4,24)25)18-13-11-15(2)12-14-18/h6-14,16,19H,5H2,1-4H3,(H,21,23)/t16-,19-/m1/s1. The third kappa shape index (κ3) is 4.85. The van der Waals surface area contributed by atoms with Gasteiger partial charge in [0.2, 0.25) is 15.9 Å². The van der Waals surface area contributed by atoms with Gasteiger partial charge in [-0.25, -0.2) is 8.42 Å². The Kier molecular flexibility index (Phi) is 6.42. The minimum absolute atomic E-state index is 0.211. The fraction of sp³-hybridized carbons (Fsp3) is 0.350. The van der Waals surface area contributed by atoms with Crippen molar-refractivity contribution in [2.24, 2.45) is 0 Å². The molecule has 0 aliphatic carbocycles. The maximum absolute atomic E-state index is 12.9. The molecular weight excluding hydrogens is 348 g/mol. The second-order valence-corrected chi connectivity index (χ2v) is 8.32. The highest BCUT2D eigenvalue weighted by atomic mass is 32.2. The zero-order valence-electron chi connectivity index (χ0n) is 15.6. The van der Waals surface area contributed by atoms with Gasteiger partial charge in [0, 0.05) is 0 Å². The molecule has 0 bridgehead atoms. The SMILES string of the molecule is CC[C@H](C(=O)N[C@H](C)c1ccccc1)N(c1ccc(C)cc1)S(C)(=O)=O. The first-order valence-electron chi connectivity index (χ1n) is 8.65. The summed E-state index contributed by atoms with van der Waals surface area (Å²) < 4.78 is 26.1. The molecule has 0 unspecified atom stereocenters. The third-order valence-electron chi connectivity index (χ3n) is 4.28. The second-order valence-electron chi connectivity index (χ2n) is 6.46. The van der Waals surface area contributed by atoms with E-state index in [9.17, 15) is 13.2 Å². The van der Waals surface area contributed by atoms with Crippen LogP contribution in [-0.2, 0) is 14.8 Å². The maximum atomic E-state index is 12.9. The lowest BCUT2D eigenvalue weighted by Gasteiger charge is -2.31. The van der Waals surface area contributed by atoms with Crippen molar-refractivity contribution in [3.63, 3.8) is 0 Å². The number of amides is 1. The molecule has 1 amide bonds. The number of hydrogen-bond donors (Lipinski definition) is 1. The van der Waals surface area contributed by atoms with E-state index in [0.717, 1.165) is 17.4 Å². The van der Waals surface area contributed by atoms with Gasteiger partial charge < -0.3 is 5.32 Å². The lowest BCUT2D eigenvalue weighted by molar-refractivity contribution is -0.122. The average molecular weight is 375 g/mol. The Morgan fingerprint density at radius 1 is 1.08 bits per heavy atom. The first kappa shape index (κ1) is 20.0. The molecule has 2 atom stereocenters. The quantitative estimate of drug-likeness (QED) is 0.807. The zero-order valence-corrected chi connectivity index (χ0v) is 16.5. The van der Waals surface area contributed by atoms with Gasteiger partial charge in [-0.05, 0) is 38.0 Å². The van der Waals surface area contributed by atoms with Crippen LogP contribution in [0.15, 0.2) is 54.6 Å². The van der Waals surface area contributed by atoms with Crippen molar-refractivity contribution >= 4 is 21.6 Å². The van der Waals surface area contributed by atoms with E-state index in [0.29, 0.717) is 12.1 Å². The van der Waals surface area contributed by atoms with Crippen molar-refractivity contribution < 1.29 is 13.2 Å². The van der Waals surface area contributed by atoms with Crippen LogP contribution in [0.3, 0.4) is 0 Å². The summed E-state index contributed by atoms with van der Waals surface area (Å²) in [6.07, 6.45) is 1.50. The molecule has 0 saturated heterocycles. The molecule has 0 aliphatic heterocycles. The smallest absolute Gasteiger partial charge is 0.244 e. The molecule has 0 fully saturated rings. The largest absolute Gasteiger partial charge is 0.348 e. The lowest BCUT2D eigenvalue weighted by atomic mass is 10.1. The highest BCUT2D eigenvalue weighted by Gasteiger charge is 2.32. The number of anilines is 1. The van der Waals surface area contributed by atoms with Gasteiger partial charge in [0.15, 0.2) is 0 Å². The fourth-order valence-corrected chi connectivity index (χ4v) is 4.10. The van der Waals surface area contributed by atoms with Crippen LogP contribution in [-0.4, -0.2) is 26.6 Å². The van der Waals surface area contributed by atoms with Crippen molar-refractivity contribution in [2.75, 3.05) is 10.6 Å². The number of rotatable bonds is 7. The minimum Gasteiger partial charge on any atom is -0.348 e. The molecule has 5 nitrogen and oxygen atoms in total. The molecule has 6 heteroatoms. The summed E-state index contributed by atoms with van der Waals surface area (Å²) in [6.45, 7) is 5.63. The van der Waals surface area contributed by atoms with Crippen LogP contribution in [0, 0.1) is 6.92 Å². The molecule has 140 valence electrons. The molecular formula is C20H26N2O3S. The van der Waals surface area contributed by atoms with Crippen LogP contribution in [0.25, 0.3) is 0 Å². The molecule has 0 saturated carbocycles. The number of carbonyl (C=O) groups is 1. The van der Waals surface area contributed by atoms with Crippen molar-refractivity contribution in [3.8, 4) is 0 Å². The van der Waals surface area contributed by atoms with Gasteiger partial charge in [-0.15, -0.1) is 0 Å². The van der Waals surface area contributed by atoms with Crippen molar-refractivity contribution in [1.82, 2.24) is 5.32 Å². The molecule has 0 spiro atoms. The lowest BCUT2D eigenvalue weighted by Crippen LogP contribution is -2.49. The normalized spacial score (nSPS) is 13.7.